The van der Waals surface area contributed by atoms with E-state index >= 15 is 0 Å². The van der Waals surface area contributed by atoms with Crippen molar-refractivity contribution in [3.05, 3.63) is 84.1 Å². The molecule has 0 atom stereocenters. The number of allylic oxidation sites excluding steroid dienone is 4. The van der Waals surface area contributed by atoms with Crippen molar-refractivity contribution in [2.75, 3.05) is 5.32 Å². The monoisotopic (exact) mass is 382 g/mol. The van der Waals surface area contributed by atoms with Gasteiger partial charge in [-0.15, -0.1) is 0 Å². The first-order valence-corrected chi connectivity index (χ1v) is 9.95. The van der Waals surface area contributed by atoms with Gasteiger partial charge in [0.1, 0.15) is 0 Å². The number of fused-ring (bicyclic) bond motifs is 2. The van der Waals surface area contributed by atoms with E-state index in [1.54, 1.807) is 0 Å². The summed E-state index contributed by atoms with van der Waals surface area (Å²) in [5.74, 6) is 0.823. The topological polar surface area (TPSA) is 42.2 Å². The van der Waals surface area contributed by atoms with Crippen molar-refractivity contribution >= 4 is 34.0 Å². The van der Waals surface area contributed by atoms with E-state index in [2.05, 4.69) is 52.9 Å². The fourth-order valence-electron chi connectivity index (χ4n) is 3.64. The van der Waals surface area contributed by atoms with Crippen LogP contribution in [0, 0.1) is 0 Å². The number of nitrogens with zero attached hydrogens (tertiary/aromatic N) is 3. The first-order chi connectivity index (χ1) is 14.1. The van der Waals surface area contributed by atoms with Gasteiger partial charge in [0.05, 0.1) is 23.3 Å². The van der Waals surface area contributed by atoms with Crippen LogP contribution in [0.2, 0.25) is 0 Å². The Hall–Kier alpha value is -3.40. The van der Waals surface area contributed by atoms with E-state index in [9.17, 15) is 0 Å². The molecule has 1 aliphatic rings. The van der Waals surface area contributed by atoms with Gasteiger partial charge in [0.2, 0.25) is 5.95 Å². The number of aromatic nitrogens is 2. The third-order valence-electron chi connectivity index (χ3n) is 5.16. The molecule has 1 aromatic heterocycles. The second-order valence-corrected chi connectivity index (χ2v) is 7.36. The van der Waals surface area contributed by atoms with Crippen LogP contribution in [0.3, 0.4) is 0 Å². The molecule has 0 bridgehead atoms. The van der Waals surface area contributed by atoms with Crippen LogP contribution in [0.25, 0.3) is 16.6 Å². The zero-order chi connectivity index (χ0) is 20.4. The average molecular weight is 383 g/mol. The fraction of sp³-hybridized carbons (Fsp3) is 0.200. The summed E-state index contributed by atoms with van der Waals surface area (Å²) in [6.45, 7) is 10.8. The van der Waals surface area contributed by atoms with Crippen molar-refractivity contribution < 1.29 is 0 Å². The number of para-hydroxylation sites is 1. The molecule has 0 unspecified atom stereocenters. The molecule has 1 N–H and O–H groups in total. The standard InChI is InChI=1S/C25H26N4/c1-5-9-20(6-2)27-25-28-23-15-18(17(3)4)12-13-24(23)29(25)16-21-14-19-10-7-8-11-22(19)26-21/h5-13,15H,3,14,16H2,1-2,4H3,(H,27,28)/b9-5-,20-6+. The van der Waals surface area contributed by atoms with E-state index < -0.39 is 0 Å². The Morgan fingerprint density at radius 3 is 2.76 bits per heavy atom. The Balaban J connectivity index is 1.76. The van der Waals surface area contributed by atoms with Crippen LogP contribution in [-0.2, 0) is 13.0 Å². The molecule has 1 aliphatic heterocycles. The van der Waals surface area contributed by atoms with Crippen LogP contribution in [0.1, 0.15) is 31.9 Å². The number of hydrogen-bond acceptors (Lipinski definition) is 3. The summed E-state index contributed by atoms with van der Waals surface area (Å²) in [6, 6.07) is 14.7. The van der Waals surface area contributed by atoms with Gasteiger partial charge in [-0.3, -0.25) is 4.99 Å². The van der Waals surface area contributed by atoms with Crippen molar-refractivity contribution in [3.63, 3.8) is 0 Å². The summed E-state index contributed by atoms with van der Waals surface area (Å²) in [4.78, 5) is 9.75. The Morgan fingerprint density at radius 2 is 2.03 bits per heavy atom. The highest BCUT2D eigenvalue weighted by molar-refractivity contribution is 5.95. The summed E-state index contributed by atoms with van der Waals surface area (Å²) in [5, 5.41) is 3.48. The molecule has 4 nitrogen and oxygen atoms in total. The first kappa shape index (κ1) is 18.9. The van der Waals surface area contributed by atoms with Crippen molar-refractivity contribution in [1.82, 2.24) is 9.55 Å². The number of imidazole rings is 1. The lowest BCUT2D eigenvalue weighted by atomic mass is 10.1. The quantitative estimate of drug-likeness (QED) is 0.509. The van der Waals surface area contributed by atoms with Gasteiger partial charge in [0.25, 0.3) is 0 Å². The van der Waals surface area contributed by atoms with E-state index in [0.717, 1.165) is 51.6 Å². The van der Waals surface area contributed by atoms with Crippen LogP contribution >= 0.6 is 0 Å². The van der Waals surface area contributed by atoms with E-state index in [0.29, 0.717) is 6.54 Å². The first-order valence-electron chi connectivity index (χ1n) is 9.95. The van der Waals surface area contributed by atoms with Gasteiger partial charge in [-0.1, -0.05) is 48.6 Å². The minimum Gasteiger partial charge on any atom is -0.326 e. The molecule has 4 rings (SSSR count). The molecule has 0 radical (unpaired) electrons. The molecule has 146 valence electrons. The van der Waals surface area contributed by atoms with Gasteiger partial charge in [-0.05, 0) is 56.2 Å². The minimum atomic E-state index is 0.701. The van der Waals surface area contributed by atoms with E-state index in [-0.39, 0.29) is 0 Å². The molecule has 0 aliphatic carbocycles. The van der Waals surface area contributed by atoms with Crippen LogP contribution in [0.15, 0.2) is 78.0 Å². The van der Waals surface area contributed by atoms with E-state index in [1.165, 1.54) is 5.56 Å². The Labute approximate surface area is 172 Å². The Morgan fingerprint density at radius 1 is 1.21 bits per heavy atom. The fourth-order valence-corrected chi connectivity index (χ4v) is 3.64. The maximum absolute atomic E-state index is 4.90. The molecule has 4 heteroatoms. The number of anilines is 1. The molecular weight excluding hydrogens is 356 g/mol. The zero-order valence-electron chi connectivity index (χ0n) is 17.2. The van der Waals surface area contributed by atoms with Crippen molar-refractivity contribution in [2.24, 2.45) is 4.99 Å². The summed E-state index contributed by atoms with van der Waals surface area (Å²) in [7, 11) is 0. The molecule has 0 fully saturated rings. The molecule has 3 aromatic rings. The molecule has 0 saturated heterocycles. The van der Waals surface area contributed by atoms with Crippen molar-refractivity contribution in [1.29, 1.82) is 0 Å². The van der Waals surface area contributed by atoms with Gasteiger partial charge in [0.15, 0.2) is 0 Å². The number of aliphatic imine (C=N–C) groups is 1. The lowest BCUT2D eigenvalue weighted by Crippen LogP contribution is -2.13. The van der Waals surface area contributed by atoms with E-state index in [4.69, 9.17) is 9.98 Å². The number of nitrogens with one attached hydrogen (secondary N) is 1. The third-order valence-corrected chi connectivity index (χ3v) is 5.16. The predicted molar refractivity (Wildman–Crippen MR) is 124 cm³/mol. The smallest absolute Gasteiger partial charge is 0.208 e. The van der Waals surface area contributed by atoms with Crippen LogP contribution in [0.5, 0.6) is 0 Å². The summed E-state index contributed by atoms with van der Waals surface area (Å²) < 4.78 is 2.22. The highest BCUT2D eigenvalue weighted by atomic mass is 15.2. The van der Waals surface area contributed by atoms with E-state index in [1.807, 2.05) is 45.1 Å². The lowest BCUT2D eigenvalue weighted by molar-refractivity contribution is 0.880. The molecule has 0 amide bonds. The number of benzene rings is 2. The summed E-state index contributed by atoms with van der Waals surface area (Å²) in [6.07, 6.45) is 6.99. The second kappa shape index (κ2) is 7.92. The number of hydrogen-bond donors (Lipinski definition) is 1. The summed E-state index contributed by atoms with van der Waals surface area (Å²) in [5.41, 5.74) is 8.72. The number of rotatable bonds is 6. The SMILES string of the molecule is C=C(C)c1ccc2c(c1)nc(NC(/C=C\C)=C/C)n2CC1=Nc2ccccc2C1. The van der Waals surface area contributed by atoms with Gasteiger partial charge in [-0.25, -0.2) is 4.98 Å². The minimum absolute atomic E-state index is 0.701. The highest BCUT2D eigenvalue weighted by Gasteiger charge is 2.18. The van der Waals surface area contributed by atoms with Crippen LogP contribution in [0.4, 0.5) is 11.6 Å². The molecular formula is C25H26N4. The molecule has 0 spiro atoms. The Kier molecular flexibility index (Phi) is 5.17. The maximum Gasteiger partial charge on any atom is 0.208 e. The van der Waals surface area contributed by atoms with Gasteiger partial charge in [0, 0.05) is 17.8 Å². The van der Waals surface area contributed by atoms with Gasteiger partial charge < -0.3 is 9.88 Å². The van der Waals surface area contributed by atoms with Gasteiger partial charge >= 0.3 is 0 Å². The molecule has 2 aromatic carbocycles. The Bertz CT molecular complexity index is 1170. The average Bonchev–Trinajstić information content (AvgIpc) is 3.28. The highest BCUT2D eigenvalue weighted by Crippen LogP contribution is 2.29. The van der Waals surface area contributed by atoms with Crippen LogP contribution in [-0.4, -0.2) is 15.3 Å². The largest absolute Gasteiger partial charge is 0.326 e. The van der Waals surface area contributed by atoms with Crippen molar-refractivity contribution in [2.45, 2.75) is 33.7 Å². The second-order valence-electron chi connectivity index (χ2n) is 7.36. The van der Waals surface area contributed by atoms with Crippen molar-refractivity contribution in [3.8, 4) is 0 Å². The molecule has 29 heavy (non-hydrogen) atoms. The lowest BCUT2D eigenvalue weighted by Gasteiger charge is -2.11. The van der Waals surface area contributed by atoms with Crippen LogP contribution < -0.4 is 5.32 Å². The molecule has 2 heterocycles. The molecule has 0 saturated carbocycles. The predicted octanol–water partition coefficient (Wildman–Crippen LogP) is 6.29. The zero-order valence-corrected chi connectivity index (χ0v) is 17.2. The maximum atomic E-state index is 4.90. The van der Waals surface area contributed by atoms with Gasteiger partial charge in [-0.2, -0.15) is 0 Å². The summed E-state index contributed by atoms with van der Waals surface area (Å²) >= 11 is 0. The third kappa shape index (κ3) is 3.79. The normalized spacial score (nSPS) is 13.8.